The van der Waals surface area contributed by atoms with Crippen molar-refractivity contribution in [2.24, 2.45) is 5.84 Å². The molecule has 1 aromatic carbocycles. The van der Waals surface area contributed by atoms with Crippen LogP contribution in [0.1, 0.15) is 31.4 Å². The molecule has 0 amide bonds. The lowest BCUT2D eigenvalue weighted by Crippen LogP contribution is -2.28. The van der Waals surface area contributed by atoms with Crippen molar-refractivity contribution in [1.29, 1.82) is 0 Å². The third-order valence-electron chi connectivity index (χ3n) is 2.50. The van der Waals surface area contributed by atoms with Gasteiger partial charge in [-0.1, -0.05) is 11.6 Å². The van der Waals surface area contributed by atoms with Gasteiger partial charge in [0, 0.05) is 6.04 Å². The molecular formula is C12H15BrF2N2. The number of hydrogen-bond acceptors (Lipinski definition) is 2. The third kappa shape index (κ3) is 3.59. The molecule has 0 aromatic heterocycles. The Labute approximate surface area is 108 Å². The highest BCUT2D eigenvalue weighted by molar-refractivity contribution is 9.10. The minimum Gasteiger partial charge on any atom is -0.271 e. The van der Waals surface area contributed by atoms with Gasteiger partial charge in [0.2, 0.25) is 0 Å². The molecule has 0 heterocycles. The molecule has 0 aliphatic heterocycles. The fourth-order valence-electron chi connectivity index (χ4n) is 1.53. The van der Waals surface area contributed by atoms with Crippen LogP contribution in [0.2, 0.25) is 0 Å². The summed E-state index contributed by atoms with van der Waals surface area (Å²) in [6, 6.07) is 2.38. The van der Waals surface area contributed by atoms with Gasteiger partial charge in [-0.3, -0.25) is 11.3 Å². The minimum absolute atomic E-state index is 0.113. The van der Waals surface area contributed by atoms with Crippen molar-refractivity contribution in [2.45, 2.75) is 25.8 Å². The Balaban J connectivity index is 2.96. The molecule has 1 aromatic rings. The summed E-state index contributed by atoms with van der Waals surface area (Å²) in [4.78, 5) is 0. The van der Waals surface area contributed by atoms with Crippen molar-refractivity contribution in [1.82, 2.24) is 5.43 Å². The number of allylic oxidation sites excluding steroid dienone is 1. The maximum atomic E-state index is 13.4. The lowest BCUT2D eigenvalue weighted by Gasteiger charge is -2.18. The molecule has 1 unspecified atom stereocenters. The average Bonchev–Trinajstić information content (AvgIpc) is 2.29. The number of hydrazine groups is 1. The molecular weight excluding hydrogens is 290 g/mol. The van der Waals surface area contributed by atoms with E-state index < -0.39 is 11.6 Å². The molecule has 0 saturated heterocycles. The van der Waals surface area contributed by atoms with Crippen LogP contribution in [0.25, 0.3) is 0 Å². The molecule has 0 spiro atoms. The van der Waals surface area contributed by atoms with E-state index in [4.69, 9.17) is 5.84 Å². The number of nitrogens with one attached hydrogen (secondary N) is 1. The predicted octanol–water partition coefficient (Wildman–Crippen LogP) is 3.59. The quantitative estimate of drug-likeness (QED) is 0.378. The SMILES string of the molecule is C=C(C)CCC(NN)c1ccc(F)c(F)c1Br. The van der Waals surface area contributed by atoms with Gasteiger partial charge >= 0.3 is 0 Å². The molecule has 5 heteroatoms. The number of halogens is 3. The van der Waals surface area contributed by atoms with Crippen LogP contribution in [-0.4, -0.2) is 0 Å². The first-order chi connectivity index (χ1) is 7.97. The van der Waals surface area contributed by atoms with Crippen molar-refractivity contribution in [2.75, 3.05) is 0 Å². The summed E-state index contributed by atoms with van der Waals surface area (Å²) in [5, 5.41) is 0. The molecule has 0 aliphatic carbocycles. The highest BCUT2D eigenvalue weighted by atomic mass is 79.9. The van der Waals surface area contributed by atoms with Crippen LogP contribution in [0, 0.1) is 11.6 Å². The van der Waals surface area contributed by atoms with Gasteiger partial charge in [-0.05, 0) is 47.3 Å². The molecule has 3 N–H and O–H groups in total. The van der Waals surface area contributed by atoms with E-state index in [-0.39, 0.29) is 10.5 Å². The second-order valence-corrected chi connectivity index (χ2v) is 4.77. The van der Waals surface area contributed by atoms with Gasteiger partial charge in [-0.25, -0.2) is 8.78 Å². The van der Waals surface area contributed by atoms with E-state index in [9.17, 15) is 8.78 Å². The van der Waals surface area contributed by atoms with Crippen LogP contribution in [-0.2, 0) is 0 Å². The second-order valence-electron chi connectivity index (χ2n) is 3.98. The first-order valence-corrected chi connectivity index (χ1v) is 6.00. The van der Waals surface area contributed by atoms with Crippen molar-refractivity contribution in [3.63, 3.8) is 0 Å². The van der Waals surface area contributed by atoms with Crippen molar-refractivity contribution in [3.05, 3.63) is 46.0 Å². The van der Waals surface area contributed by atoms with Crippen LogP contribution in [0.4, 0.5) is 8.78 Å². The van der Waals surface area contributed by atoms with Crippen molar-refractivity contribution >= 4 is 15.9 Å². The summed E-state index contributed by atoms with van der Waals surface area (Å²) < 4.78 is 26.5. The number of nitrogens with two attached hydrogens (primary N) is 1. The number of benzene rings is 1. The lowest BCUT2D eigenvalue weighted by atomic mass is 10.0. The van der Waals surface area contributed by atoms with E-state index in [0.717, 1.165) is 18.1 Å². The van der Waals surface area contributed by atoms with Crippen LogP contribution >= 0.6 is 15.9 Å². The zero-order valence-electron chi connectivity index (χ0n) is 9.56. The van der Waals surface area contributed by atoms with Crippen LogP contribution in [0.3, 0.4) is 0 Å². The standard InChI is InChI=1S/C12H15BrF2N2/c1-7(2)3-6-10(17-16)8-4-5-9(14)12(15)11(8)13/h4-5,10,17H,1,3,6,16H2,2H3. The van der Waals surface area contributed by atoms with Gasteiger partial charge in [-0.15, -0.1) is 6.58 Å². The summed E-state index contributed by atoms with van der Waals surface area (Å²) in [7, 11) is 0. The number of hydrogen-bond donors (Lipinski definition) is 2. The zero-order chi connectivity index (χ0) is 13.0. The molecule has 1 atom stereocenters. The van der Waals surface area contributed by atoms with Crippen molar-refractivity contribution in [3.8, 4) is 0 Å². The largest absolute Gasteiger partial charge is 0.271 e. The summed E-state index contributed by atoms with van der Waals surface area (Å²) >= 11 is 3.05. The van der Waals surface area contributed by atoms with Crippen LogP contribution in [0.5, 0.6) is 0 Å². The fourth-order valence-corrected chi connectivity index (χ4v) is 2.13. The molecule has 1 rings (SSSR count). The Kier molecular flexibility index (Phi) is 5.24. The Hall–Kier alpha value is -0.780. The topological polar surface area (TPSA) is 38.0 Å². The highest BCUT2D eigenvalue weighted by Gasteiger charge is 2.17. The first-order valence-electron chi connectivity index (χ1n) is 5.21. The summed E-state index contributed by atoms with van der Waals surface area (Å²) in [6.45, 7) is 5.71. The van der Waals surface area contributed by atoms with Gasteiger partial charge in [0.25, 0.3) is 0 Å². The average molecular weight is 305 g/mol. The molecule has 0 fully saturated rings. The monoisotopic (exact) mass is 304 g/mol. The third-order valence-corrected chi connectivity index (χ3v) is 3.31. The van der Waals surface area contributed by atoms with Gasteiger partial charge in [0.05, 0.1) is 4.47 Å². The Morgan fingerprint density at radius 2 is 2.18 bits per heavy atom. The fraction of sp³-hybridized carbons (Fsp3) is 0.333. The van der Waals surface area contributed by atoms with Crippen LogP contribution < -0.4 is 11.3 Å². The van der Waals surface area contributed by atoms with Gasteiger partial charge in [0.1, 0.15) is 0 Å². The van der Waals surface area contributed by atoms with E-state index >= 15 is 0 Å². The van der Waals surface area contributed by atoms with Gasteiger partial charge < -0.3 is 0 Å². The summed E-state index contributed by atoms with van der Waals surface area (Å²) in [5.41, 5.74) is 4.22. The Morgan fingerprint density at radius 1 is 1.53 bits per heavy atom. The van der Waals surface area contributed by atoms with E-state index in [0.29, 0.717) is 12.0 Å². The molecule has 2 nitrogen and oxygen atoms in total. The smallest absolute Gasteiger partial charge is 0.173 e. The van der Waals surface area contributed by atoms with E-state index in [1.807, 2.05) is 6.92 Å². The van der Waals surface area contributed by atoms with E-state index in [2.05, 4.69) is 27.9 Å². The molecule has 17 heavy (non-hydrogen) atoms. The second kappa shape index (κ2) is 6.23. The minimum atomic E-state index is -0.891. The maximum Gasteiger partial charge on any atom is 0.173 e. The molecule has 0 radical (unpaired) electrons. The van der Waals surface area contributed by atoms with Gasteiger partial charge in [0.15, 0.2) is 11.6 Å². The van der Waals surface area contributed by atoms with E-state index in [1.165, 1.54) is 6.07 Å². The van der Waals surface area contributed by atoms with Crippen molar-refractivity contribution < 1.29 is 8.78 Å². The summed E-state index contributed by atoms with van der Waals surface area (Å²) in [5.74, 6) is 3.66. The molecule has 0 aliphatic rings. The number of rotatable bonds is 5. The maximum absolute atomic E-state index is 13.4. The Bertz CT molecular complexity index is 421. The summed E-state index contributed by atoms with van der Waals surface area (Å²) in [6.07, 6.45) is 1.44. The Morgan fingerprint density at radius 3 is 2.71 bits per heavy atom. The molecule has 0 saturated carbocycles. The normalized spacial score (nSPS) is 12.5. The predicted molar refractivity (Wildman–Crippen MR) is 68.2 cm³/mol. The van der Waals surface area contributed by atoms with E-state index in [1.54, 1.807) is 0 Å². The zero-order valence-corrected chi connectivity index (χ0v) is 11.2. The molecule has 0 bridgehead atoms. The highest BCUT2D eigenvalue weighted by Crippen LogP contribution is 2.30. The first kappa shape index (κ1) is 14.3. The van der Waals surface area contributed by atoms with Crippen LogP contribution in [0.15, 0.2) is 28.8 Å². The molecule has 94 valence electrons. The van der Waals surface area contributed by atoms with Gasteiger partial charge in [-0.2, -0.15) is 0 Å². The lowest BCUT2D eigenvalue weighted by molar-refractivity contribution is 0.482.